The molecule has 0 bridgehead atoms. The minimum atomic E-state index is -3.49. The van der Waals surface area contributed by atoms with Gasteiger partial charge in [-0.2, -0.15) is 0 Å². The van der Waals surface area contributed by atoms with Gasteiger partial charge in [-0.25, -0.2) is 12.8 Å². The zero-order chi connectivity index (χ0) is 13.9. The summed E-state index contributed by atoms with van der Waals surface area (Å²) in [5.41, 5.74) is 0.206. The van der Waals surface area contributed by atoms with Crippen molar-refractivity contribution < 1.29 is 22.3 Å². The summed E-state index contributed by atoms with van der Waals surface area (Å²) in [4.78, 5) is 11.8. The molecular formula is C13H15FO4S. The molecule has 0 aromatic heterocycles. The average molecular weight is 286 g/mol. The number of carbonyl (C=O) groups is 1. The third-order valence-electron chi connectivity index (χ3n) is 2.98. The SMILES string of the molecule is O=C(CS(=O)(=O)CC1CCCO1)c1ccc(F)cc1. The van der Waals surface area contributed by atoms with Gasteiger partial charge in [-0.1, -0.05) is 0 Å². The maximum absolute atomic E-state index is 12.7. The van der Waals surface area contributed by atoms with Crippen LogP contribution in [0.3, 0.4) is 0 Å². The van der Waals surface area contributed by atoms with Crippen molar-refractivity contribution in [2.24, 2.45) is 0 Å². The average Bonchev–Trinajstić information content (AvgIpc) is 2.81. The molecule has 1 aliphatic heterocycles. The second kappa shape index (κ2) is 5.79. The van der Waals surface area contributed by atoms with E-state index in [-0.39, 0.29) is 17.4 Å². The van der Waals surface area contributed by atoms with Crippen LogP contribution in [0.2, 0.25) is 0 Å². The Morgan fingerprint density at radius 1 is 1.32 bits per heavy atom. The van der Waals surface area contributed by atoms with E-state index in [1.165, 1.54) is 12.1 Å². The van der Waals surface area contributed by atoms with E-state index in [4.69, 9.17) is 4.74 Å². The van der Waals surface area contributed by atoms with Crippen LogP contribution in [0.5, 0.6) is 0 Å². The van der Waals surface area contributed by atoms with Crippen molar-refractivity contribution in [3.8, 4) is 0 Å². The van der Waals surface area contributed by atoms with Gasteiger partial charge in [0.1, 0.15) is 11.6 Å². The molecule has 0 saturated carbocycles. The summed E-state index contributed by atoms with van der Waals surface area (Å²) in [6, 6.07) is 4.86. The van der Waals surface area contributed by atoms with Gasteiger partial charge in [0, 0.05) is 12.2 Å². The number of hydrogen-bond donors (Lipinski definition) is 0. The van der Waals surface area contributed by atoms with E-state index >= 15 is 0 Å². The minimum absolute atomic E-state index is 0.125. The second-order valence-electron chi connectivity index (χ2n) is 4.62. The zero-order valence-electron chi connectivity index (χ0n) is 10.3. The fourth-order valence-corrected chi connectivity index (χ4v) is 3.55. The van der Waals surface area contributed by atoms with E-state index in [0.29, 0.717) is 13.0 Å². The van der Waals surface area contributed by atoms with Gasteiger partial charge in [-0.3, -0.25) is 4.79 Å². The molecular weight excluding hydrogens is 271 g/mol. The maximum Gasteiger partial charge on any atom is 0.177 e. The van der Waals surface area contributed by atoms with Crippen molar-refractivity contribution in [2.75, 3.05) is 18.1 Å². The van der Waals surface area contributed by atoms with Gasteiger partial charge >= 0.3 is 0 Å². The van der Waals surface area contributed by atoms with Crippen molar-refractivity contribution >= 4 is 15.6 Å². The predicted octanol–water partition coefficient (Wildman–Crippen LogP) is 1.60. The van der Waals surface area contributed by atoms with Crippen LogP contribution >= 0.6 is 0 Å². The van der Waals surface area contributed by atoms with Gasteiger partial charge in [0.05, 0.1) is 11.9 Å². The quantitative estimate of drug-likeness (QED) is 0.771. The number of halogens is 1. The standard InChI is InChI=1S/C13H15FO4S/c14-11-5-3-10(4-6-11)13(15)9-19(16,17)8-12-2-1-7-18-12/h3-6,12H,1-2,7-9H2. The smallest absolute Gasteiger partial charge is 0.177 e. The first-order valence-electron chi connectivity index (χ1n) is 6.07. The van der Waals surface area contributed by atoms with Crippen LogP contribution < -0.4 is 0 Å². The summed E-state index contributed by atoms with van der Waals surface area (Å²) in [6.07, 6.45) is 1.27. The van der Waals surface area contributed by atoms with Crippen LogP contribution in [-0.2, 0) is 14.6 Å². The number of sulfone groups is 1. The number of ether oxygens (including phenoxy) is 1. The normalized spacial score (nSPS) is 19.5. The Bertz CT molecular complexity index is 545. The van der Waals surface area contributed by atoms with Crippen LogP contribution in [0.1, 0.15) is 23.2 Å². The third-order valence-corrected chi connectivity index (χ3v) is 4.56. The van der Waals surface area contributed by atoms with Crippen molar-refractivity contribution in [1.29, 1.82) is 0 Å². The Labute approximate surface area is 111 Å². The number of Topliss-reactive ketones (excluding diaryl/α,β-unsaturated/α-hetero) is 1. The maximum atomic E-state index is 12.7. The fourth-order valence-electron chi connectivity index (χ4n) is 2.04. The molecule has 0 radical (unpaired) electrons. The van der Waals surface area contributed by atoms with Crippen molar-refractivity contribution in [3.63, 3.8) is 0 Å². The summed E-state index contributed by atoms with van der Waals surface area (Å²) in [6.45, 7) is 0.575. The Balaban J connectivity index is 1.99. The molecule has 4 nitrogen and oxygen atoms in total. The number of rotatable bonds is 5. The third kappa shape index (κ3) is 4.11. The summed E-state index contributed by atoms with van der Waals surface area (Å²) >= 11 is 0. The fraction of sp³-hybridized carbons (Fsp3) is 0.462. The first-order chi connectivity index (χ1) is 8.96. The largest absolute Gasteiger partial charge is 0.377 e. The van der Waals surface area contributed by atoms with E-state index in [9.17, 15) is 17.6 Å². The van der Waals surface area contributed by atoms with Crippen molar-refractivity contribution in [2.45, 2.75) is 18.9 Å². The lowest BCUT2D eigenvalue weighted by atomic mass is 10.1. The highest BCUT2D eigenvalue weighted by atomic mass is 32.2. The molecule has 0 aliphatic carbocycles. The lowest BCUT2D eigenvalue weighted by molar-refractivity contribution is 0.102. The van der Waals surface area contributed by atoms with E-state index in [1.807, 2.05) is 0 Å². The van der Waals surface area contributed by atoms with Crippen LogP contribution in [0.4, 0.5) is 4.39 Å². The van der Waals surface area contributed by atoms with Crippen molar-refractivity contribution in [3.05, 3.63) is 35.6 Å². The molecule has 1 saturated heterocycles. The number of ketones is 1. The molecule has 6 heteroatoms. The summed E-state index contributed by atoms with van der Waals surface area (Å²) in [5.74, 6) is -1.66. The highest BCUT2D eigenvalue weighted by molar-refractivity contribution is 7.92. The van der Waals surface area contributed by atoms with E-state index < -0.39 is 27.2 Å². The molecule has 1 fully saturated rings. The number of hydrogen-bond acceptors (Lipinski definition) is 4. The molecule has 1 aromatic rings. The molecule has 0 N–H and O–H groups in total. The zero-order valence-corrected chi connectivity index (χ0v) is 11.2. The molecule has 1 atom stereocenters. The Hall–Kier alpha value is -1.27. The van der Waals surface area contributed by atoms with Gasteiger partial charge in [-0.05, 0) is 37.1 Å². The van der Waals surface area contributed by atoms with Crippen LogP contribution in [0, 0.1) is 5.82 Å². The molecule has 1 aromatic carbocycles. The Morgan fingerprint density at radius 2 is 2.00 bits per heavy atom. The number of benzene rings is 1. The second-order valence-corrected chi connectivity index (χ2v) is 6.73. The molecule has 19 heavy (non-hydrogen) atoms. The summed E-state index contributed by atoms with van der Waals surface area (Å²) in [5, 5.41) is 0. The topological polar surface area (TPSA) is 60.4 Å². The highest BCUT2D eigenvalue weighted by Gasteiger charge is 2.25. The summed E-state index contributed by atoms with van der Waals surface area (Å²) in [7, 11) is -3.49. The molecule has 0 spiro atoms. The van der Waals surface area contributed by atoms with Crippen LogP contribution in [0.15, 0.2) is 24.3 Å². The summed E-state index contributed by atoms with van der Waals surface area (Å²) < 4.78 is 41.7. The van der Waals surface area contributed by atoms with E-state index in [2.05, 4.69) is 0 Å². The number of carbonyl (C=O) groups excluding carboxylic acids is 1. The molecule has 104 valence electrons. The molecule has 1 unspecified atom stereocenters. The lowest BCUT2D eigenvalue weighted by Crippen LogP contribution is -2.26. The minimum Gasteiger partial charge on any atom is -0.377 e. The van der Waals surface area contributed by atoms with Gasteiger partial charge < -0.3 is 4.74 Å². The van der Waals surface area contributed by atoms with E-state index in [1.54, 1.807) is 0 Å². The van der Waals surface area contributed by atoms with Gasteiger partial charge in [-0.15, -0.1) is 0 Å². The van der Waals surface area contributed by atoms with Crippen LogP contribution in [-0.4, -0.2) is 38.4 Å². The first-order valence-corrected chi connectivity index (χ1v) is 7.89. The van der Waals surface area contributed by atoms with E-state index in [0.717, 1.165) is 18.6 Å². The predicted molar refractivity (Wildman–Crippen MR) is 68.4 cm³/mol. The van der Waals surface area contributed by atoms with Gasteiger partial charge in [0.15, 0.2) is 15.6 Å². The molecule has 1 aliphatic rings. The molecule has 2 rings (SSSR count). The van der Waals surface area contributed by atoms with Gasteiger partial charge in [0.25, 0.3) is 0 Å². The monoisotopic (exact) mass is 286 g/mol. The van der Waals surface area contributed by atoms with Crippen molar-refractivity contribution in [1.82, 2.24) is 0 Å². The van der Waals surface area contributed by atoms with Crippen LogP contribution in [0.25, 0.3) is 0 Å². The Kier molecular flexibility index (Phi) is 4.31. The molecule has 0 amide bonds. The Morgan fingerprint density at radius 3 is 2.58 bits per heavy atom. The highest BCUT2D eigenvalue weighted by Crippen LogP contribution is 2.15. The lowest BCUT2D eigenvalue weighted by Gasteiger charge is -2.09. The van der Waals surface area contributed by atoms with Gasteiger partial charge in [0.2, 0.25) is 0 Å². The molecule has 1 heterocycles. The first kappa shape index (κ1) is 14.1.